The maximum atomic E-state index is 12.2. The molecule has 2 N–H and O–H groups in total. The number of nitrogens with zero attached hydrogens (tertiary/aromatic N) is 1. The van der Waals surface area contributed by atoms with Gasteiger partial charge in [-0.25, -0.2) is 0 Å². The number of amides is 1. The molecule has 1 unspecified atom stereocenters. The number of piperidine rings is 1. The van der Waals surface area contributed by atoms with Crippen molar-refractivity contribution in [3.05, 3.63) is 35.9 Å². The predicted molar refractivity (Wildman–Crippen MR) is 88.5 cm³/mol. The number of hydrogen-bond acceptors (Lipinski definition) is 3. The van der Waals surface area contributed by atoms with E-state index >= 15 is 0 Å². The van der Waals surface area contributed by atoms with Crippen LogP contribution < -0.4 is 10.6 Å². The Labute approximate surface area is 133 Å². The predicted octanol–water partition coefficient (Wildman–Crippen LogP) is 1.77. The molecule has 1 amide bonds. The van der Waals surface area contributed by atoms with Crippen molar-refractivity contribution in [1.29, 1.82) is 0 Å². The Hall–Kier alpha value is -1.39. The summed E-state index contributed by atoms with van der Waals surface area (Å²) >= 11 is 0. The fourth-order valence-electron chi connectivity index (χ4n) is 3.57. The summed E-state index contributed by atoms with van der Waals surface area (Å²) in [5.41, 5.74) is 1.35. The van der Waals surface area contributed by atoms with Gasteiger partial charge < -0.3 is 10.6 Å². The molecule has 22 heavy (non-hydrogen) atoms. The number of carbonyl (C=O) groups excluding carboxylic acids is 1. The van der Waals surface area contributed by atoms with E-state index in [-0.39, 0.29) is 5.91 Å². The van der Waals surface area contributed by atoms with Crippen LogP contribution in [0, 0.1) is 5.92 Å². The number of likely N-dealkylation sites (tertiary alicyclic amines) is 1. The number of nitrogens with one attached hydrogen (secondary N) is 2. The molecule has 0 spiro atoms. The summed E-state index contributed by atoms with van der Waals surface area (Å²) in [7, 11) is 0. The van der Waals surface area contributed by atoms with Crippen molar-refractivity contribution in [3.63, 3.8) is 0 Å². The molecule has 2 fully saturated rings. The van der Waals surface area contributed by atoms with E-state index in [9.17, 15) is 4.79 Å². The van der Waals surface area contributed by atoms with Gasteiger partial charge in [0.05, 0.1) is 0 Å². The summed E-state index contributed by atoms with van der Waals surface area (Å²) < 4.78 is 0. The molecule has 2 aliphatic heterocycles. The fraction of sp³-hybridized carbons (Fsp3) is 0.611. The maximum absolute atomic E-state index is 12.2. The van der Waals surface area contributed by atoms with E-state index in [4.69, 9.17) is 0 Å². The van der Waals surface area contributed by atoms with E-state index in [0.29, 0.717) is 18.4 Å². The van der Waals surface area contributed by atoms with Crippen LogP contribution >= 0.6 is 0 Å². The molecule has 2 aliphatic rings. The average Bonchev–Trinajstić information content (AvgIpc) is 2.96. The molecular weight excluding hydrogens is 274 g/mol. The zero-order chi connectivity index (χ0) is 15.2. The zero-order valence-corrected chi connectivity index (χ0v) is 13.3. The number of rotatable bonds is 5. The second-order valence-electron chi connectivity index (χ2n) is 6.67. The molecule has 0 saturated carbocycles. The largest absolute Gasteiger partial charge is 0.352 e. The smallest absolute Gasteiger partial charge is 0.220 e. The quantitative estimate of drug-likeness (QED) is 0.871. The van der Waals surface area contributed by atoms with Crippen LogP contribution in [0.25, 0.3) is 0 Å². The molecule has 4 heteroatoms. The SMILES string of the molecule is O=C(CC1CCNCC1)NC1CCN(Cc2ccccc2)C1. The summed E-state index contributed by atoms with van der Waals surface area (Å²) in [5.74, 6) is 0.821. The molecule has 2 saturated heterocycles. The second-order valence-corrected chi connectivity index (χ2v) is 6.67. The van der Waals surface area contributed by atoms with Crippen molar-refractivity contribution < 1.29 is 4.79 Å². The first kappa shape index (κ1) is 15.5. The average molecular weight is 301 g/mol. The van der Waals surface area contributed by atoms with Crippen LogP contribution in [-0.4, -0.2) is 43.0 Å². The van der Waals surface area contributed by atoms with Crippen molar-refractivity contribution in [1.82, 2.24) is 15.5 Å². The van der Waals surface area contributed by atoms with Gasteiger partial charge in [-0.3, -0.25) is 9.69 Å². The van der Waals surface area contributed by atoms with E-state index in [0.717, 1.165) is 52.0 Å². The van der Waals surface area contributed by atoms with Gasteiger partial charge in [0.1, 0.15) is 0 Å². The minimum Gasteiger partial charge on any atom is -0.352 e. The van der Waals surface area contributed by atoms with Crippen LogP contribution in [0.1, 0.15) is 31.2 Å². The molecule has 3 rings (SSSR count). The van der Waals surface area contributed by atoms with Crippen molar-refractivity contribution in [2.24, 2.45) is 5.92 Å². The van der Waals surface area contributed by atoms with Gasteiger partial charge in [-0.1, -0.05) is 30.3 Å². The van der Waals surface area contributed by atoms with Gasteiger partial charge in [0.25, 0.3) is 0 Å². The van der Waals surface area contributed by atoms with E-state index < -0.39 is 0 Å². The molecule has 0 aromatic heterocycles. The zero-order valence-electron chi connectivity index (χ0n) is 13.3. The molecular formula is C18H27N3O. The Morgan fingerprint density at radius 1 is 1.18 bits per heavy atom. The third-order valence-corrected chi connectivity index (χ3v) is 4.82. The highest BCUT2D eigenvalue weighted by Crippen LogP contribution is 2.17. The third kappa shape index (κ3) is 4.55. The van der Waals surface area contributed by atoms with Gasteiger partial charge in [0.15, 0.2) is 0 Å². The van der Waals surface area contributed by atoms with Crippen LogP contribution in [0.15, 0.2) is 30.3 Å². The lowest BCUT2D eigenvalue weighted by Crippen LogP contribution is -2.39. The maximum Gasteiger partial charge on any atom is 0.220 e. The summed E-state index contributed by atoms with van der Waals surface area (Å²) in [6, 6.07) is 10.9. The molecule has 2 heterocycles. The van der Waals surface area contributed by atoms with E-state index in [2.05, 4.69) is 45.9 Å². The molecule has 0 radical (unpaired) electrons. The molecule has 0 aliphatic carbocycles. The Bertz CT molecular complexity index is 470. The minimum atomic E-state index is 0.249. The topological polar surface area (TPSA) is 44.4 Å². The van der Waals surface area contributed by atoms with Gasteiger partial charge >= 0.3 is 0 Å². The van der Waals surface area contributed by atoms with Gasteiger partial charge in [-0.05, 0) is 43.8 Å². The molecule has 4 nitrogen and oxygen atoms in total. The molecule has 1 aromatic carbocycles. The Morgan fingerprint density at radius 2 is 1.95 bits per heavy atom. The van der Waals surface area contributed by atoms with Crippen molar-refractivity contribution in [2.45, 2.75) is 38.3 Å². The van der Waals surface area contributed by atoms with E-state index in [1.165, 1.54) is 5.56 Å². The van der Waals surface area contributed by atoms with Crippen molar-refractivity contribution in [2.75, 3.05) is 26.2 Å². The van der Waals surface area contributed by atoms with Crippen molar-refractivity contribution >= 4 is 5.91 Å². The highest BCUT2D eigenvalue weighted by atomic mass is 16.1. The minimum absolute atomic E-state index is 0.249. The van der Waals surface area contributed by atoms with E-state index in [1.54, 1.807) is 0 Å². The van der Waals surface area contributed by atoms with Crippen LogP contribution in [0.5, 0.6) is 0 Å². The first-order valence-electron chi connectivity index (χ1n) is 8.56. The highest BCUT2D eigenvalue weighted by molar-refractivity contribution is 5.76. The van der Waals surface area contributed by atoms with Gasteiger partial charge in [-0.15, -0.1) is 0 Å². The summed E-state index contributed by atoms with van der Waals surface area (Å²) in [6.45, 7) is 5.17. The van der Waals surface area contributed by atoms with Crippen molar-refractivity contribution in [3.8, 4) is 0 Å². The monoisotopic (exact) mass is 301 g/mol. The van der Waals surface area contributed by atoms with Gasteiger partial charge in [0.2, 0.25) is 5.91 Å². The Morgan fingerprint density at radius 3 is 2.73 bits per heavy atom. The van der Waals surface area contributed by atoms with E-state index in [1.807, 2.05) is 0 Å². The summed E-state index contributed by atoms with van der Waals surface area (Å²) in [6.07, 6.45) is 4.05. The number of benzene rings is 1. The lowest BCUT2D eigenvalue weighted by Gasteiger charge is -2.23. The van der Waals surface area contributed by atoms with Crippen LogP contribution in [0.2, 0.25) is 0 Å². The second kappa shape index (κ2) is 7.75. The van der Waals surface area contributed by atoms with Crippen LogP contribution in [0.4, 0.5) is 0 Å². The standard InChI is InChI=1S/C18H27N3O/c22-18(12-15-6-9-19-10-7-15)20-17-8-11-21(14-17)13-16-4-2-1-3-5-16/h1-5,15,17,19H,6-14H2,(H,20,22). The fourth-order valence-corrected chi connectivity index (χ4v) is 3.57. The lowest BCUT2D eigenvalue weighted by molar-refractivity contribution is -0.122. The van der Waals surface area contributed by atoms with Crippen LogP contribution in [-0.2, 0) is 11.3 Å². The molecule has 1 atom stereocenters. The Balaban J connectivity index is 1.39. The summed E-state index contributed by atoms with van der Waals surface area (Å²) in [4.78, 5) is 14.6. The third-order valence-electron chi connectivity index (χ3n) is 4.82. The normalized spacial score (nSPS) is 23.5. The first-order chi connectivity index (χ1) is 10.8. The van der Waals surface area contributed by atoms with Crippen LogP contribution in [0.3, 0.4) is 0 Å². The molecule has 0 bridgehead atoms. The van der Waals surface area contributed by atoms with Gasteiger partial charge in [0, 0.05) is 32.1 Å². The summed E-state index contributed by atoms with van der Waals surface area (Å²) in [5, 5.41) is 6.59. The number of carbonyl (C=O) groups is 1. The molecule has 120 valence electrons. The Kier molecular flexibility index (Phi) is 5.46. The number of hydrogen-bond donors (Lipinski definition) is 2. The van der Waals surface area contributed by atoms with Gasteiger partial charge in [-0.2, -0.15) is 0 Å². The first-order valence-corrected chi connectivity index (χ1v) is 8.56. The highest BCUT2D eigenvalue weighted by Gasteiger charge is 2.25. The molecule has 1 aromatic rings. The lowest BCUT2D eigenvalue weighted by atomic mass is 9.94.